The molecule has 4 aromatic rings. The van der Waals surface area contributed by atoms with Crippen LogP contribution in [0, 0.1) is 5.92 Å². The van der Waals surface area contributed by atoms with Gasteiger partial charge in [-0.1, -0.05) is 32.0 Å². The molecule has 0 atom stereocenters. The average Bonchev–Trinajstić information content (AvgIpc) is 3.30. The molecule has 0 aliphatic heterocycles. The van der Waals surface area contributed by atoms with Gasteiger partial charge >= 0.3 is 0 Å². The lowest BCUT2D eigenvalue weighted by Gasteiger charge is -2.09. The van der Waals surface area contributed by atoms with Crippen molar-refractivity contribution in [2.75, 3.05) is 5.32 Å². The molecule has 3 aromatic heterocycles. The maximum atomic E-state index is 12.0. The van der Waals surface area contributed by atoms with Gasteiger partial charge in [-0.25, -0.2) is 0 Å². The van der Waals surface area contributed by atoms with Crippen LogP contribution >= 0.6 is 11.3 Å². The van der Waals surface area contributed by atoms with Gasteiger partial charge in [0.05, 0.1) is 10.6 Å². The summed E-state index contributed by atoms with van der Waals surface area (Å²) in [6, 6.07) is 15.5. The van der Waals surface area contributed by atoms with Gasteiger partial charge in [-0.15, -0.1) is 21.5 Å². The van der Waals surface area contributed by atoms with Gasteiger partial charge in [-0.05, 0) is 41.6 Å². The number of amides is 1. The van der Waals surface area contributed by atoms with Crippen LogP contribution in [0.1, 0.15) is 20.3 Å². The first kappa shape index (κ1) is 17.4. The highest BCUT2D eigenvalue weighted by Crippen LogP contribution is 2.25. The van der Waals surface area contributed by atoms with Crippen molar-refractivity contribution < 1.29 is 4.79 Å². The number of nitrogens with one attached hydrogen (secondary N) is 1. The Balaban J connectivity index is 1.67. The highest BCUT2D eigenvalue weighted by molar-refractivity contribution is 7.13. The molecule has 136 valence electrons. The Kier molecular flexibility index (Phi) is 4.68. The Hall–Kier alpha value is -3.06. The lowest BCUT2D eigenvalue weighted by Crippen LogP contribution is -2.13. The van der Waals surface area contributed by atoms with Crippen LogP contribution in [0.2, 0.25) is 0 Å². The summed E-state index contributed by atoms with van der Waals surface area (Å²) in [5.74, 6) is 1.06. The molecule has 6 nitrogen and oxygen atoms in total. The third kappa shape index (κ3) is 3.73. The molecule has 27 heavy (non-hydrogen) atoms. The van der Waals surface area contributed by atoms with Crippen molar-refractivity contribution in [2.24, 2.45) is 5.92 Å². The van der Waals surface area contributed by atoms with E-state index in [0.29, 0.717) is 18.0 Å². The predicted octanol–water partition coefficient (Wildman–Crippen LogP) is 4.50. The topological polar surface area (TPSA) is 72.2 Å². The summed E-state index contributed by atoms with van der Waals surface area (Å²) in [6.07, 6.45) is 0.499. The predicted molar refractivity (Wildman–Crippen MR) is 108 cm³/mol. The van der Waals surface area contributed by atoms with Crippen molar-refractivity contribution in [3.8, 4) is 22.0 Å². The van der Waals surface area contributed by atoms with E-state index in [2.05, 4.69) is 15.5 Å². The van der Waals surface area contributed by atoms with Crippen molar-refractivity contribution in [1.29, 1.82) is 0 Å². The van der Waals surface area contributed by atoms with Gasteiger partial charge in [-0.3, -0.25) is 4.79 Å². The second kappa shape index (κ2) is 7.28. The highest BCUT2D eigenvalue weighted by Gasteiger charge is 2.12. The first-order valence-electron chi connectivity index (χ1n) is 8.77. The summed E-state index contributed by atoms with van der Waals surface area (Å²) in [5.41, 5.74) is 3.18. The van der Waals surface area contributed by atoms with E-state index in [9.17, 15) is 4.79 Å². The molecule has 0 saturated carbocycles. The van der Waals surface area contributed by atoms with Gasteiger partial charge in [-0.2, -0.15) is 9.61 Å². The van der Waals surface area contributed by atoms with E-state index in [-0.39, 0.29) is 5.91 Å². The fourth-order valence-electron chi connectivity index (χ4n) is 2.84. The van der Waals surface area contributed by atoms with E-state index in [1.807, 2.05) is 67.8 Å². The minimum absolute atomic E-state index is 0.0179. The molecule has 0 fully saturated rings. The molecule has 0 spiro atoms. The third-order valence-electron chi connectivity index (χ3n) is 4.04. The lowest BCUT2D eigenvalue weighted by atomic mass is 10.1. The number of thiophene rings is 1. The van der Waals surface area contributed by atoms with Crippen molar-refractivity contribution in [3.63, 3.8) is 0 Å². The Morgan fingerprint density at radius 1 is 1.15 bits per heavy atom. The number of anilines is 1. The molecule has 0 bridgehead atoms. The molecular weight excluding hydrogens is 358 g/mol. The SMILES string of the molecule is CC(C)CC(=O)Nc1cccc(-c2ccc3nnc(-c4cccs4)n3n2)c1. The Bertz CT molecular complexity index is 1080. The molecule has 0 aliphatic carbocycles. The second-order valence-electron chi connectivity index (χ2n) is 6.72. The van der Waals surface area contributed by atoms with Crippen molar-refractivity contribution >= 4 is 28.6 Å². The lowest BCUT2D eigenvalue weighted by molar-refractivity contribution is -0.116. The van der Waals surface area contributed by atoms with Gasteiger partial charge in [0.15, 0.2) is 11.5 Å². The smallest absolute Gasteiger partial charge is 0.224 e. The number of carbonyl (C=O) groups is 1. The quantitative estimate of drug-likeness (QED) is 0.556. The number of nitrogens with zero attached hydrogens (tertiary/aromatic N) is 4. The molecule has 1 aromatic carbocycles. The van der Waals surface area contributed by atoms with E-state index in [1.54, 1.807) is 15.9 Å². The Labute approximate surface area is 160 Å². The average molecular weight is 377 g/mol. The molecule has 1 N–H and O–H groups in total. The van der Waals surface area contributed by atoms with Gasteiger partial charge in [0, 0.05) is 17.7 Å². The monoisotopic (exact) mass is 377 g/mol. The minimum Gasteiger partial charge on any atom is -0.326 e. The van der Waals surface area contributed by atoms with Crippen LogP contribution in [-0.2, 0) is 4.79 Å². The third-order valence-corrected chi connectivity index (χ3v) is 4.91. The Morgan fingerprint density at radius 2 is 2.04 bits per heavy atom. The fraction of sp³-hybridized carbons (Fsp3) is 0.200. The zero-order valence-electron chi connectivity index (χ0n) is 15.1. The summed E-state index contributed by atoms with van der Waals surface area (Å²) in [6.45, 7) is 4.05. The van der Waals surface area contributed by atoms with Crippen LogP contribution in [0.4, 0.5) is 5.69 Å². The highest BCUT2D eigenvalue weighted by atomic mass is 32.1. The van der Waals surface area contributed by atoms with Crippen LogP contribution in [0.25, 0.3) is 27.6 Å². The maximum absolute atomic E-state index is 12.0. The summed E-state index contributed by atoms with van der Waals surface area (Å²) < 4.78 is 1.76. The van der Waals surface area contributed by atoms with E-state index in [1.165, 1.54) is 0 Å². The number of fused-ring (bicyclic) bond motifs is 1. The molecule has 0 saturated heterocycles. The maximum Gasteiger partial charge on any atom is 0.224 e. The van der Waals surface area contributed by atoms with Crippen molar-refractivity contribution in [3.05, 3.63) is 53.9 Å². The minimum atomic E-state index is 0.0179. The van der Waals surface area contributed by atoms with Gasteiger partial charge in [0.2, 0.25) is 5.91 Å². The number of rotatable bonds is 5. The number of benzene rings is 1. The molecule has 3 heterocycles. The number of hydrogen-bond acceptors (Lipinski definition) is 5. The second-order valence-corrected chi connectivity index (χ2v) is 7.66. The number of carbonyl (C=O) groups excluding carboxylic acids is 1. The van der Waals surface area contributed by atoms with E-state index >= 15 is 0 Å². The van der Waals surface area contributed by atoms with Crippen LogP contribution < -0.4 is 5.32 Å². The molecule has 0 radical (unpaired) electrons. The van der Waals surface area contributed by atoms with Gasteiger partial charge in [0.1, 0.15) is 0 Å². The van der Waals surface area contributed by atoms with E-state index < -0.39 is 0 Å². The van der Waals surface area contributed by atoms with Crippen molar-refractivity contribution in [2.45, 2.75) is 20.3 Å². The zero-order valence-corrected chi connectivity index (χ0v) is 15.9. The summed E-state index contributed by atoms with van der Waals surface area (Å²) in [4.78, 5) is 13.1. The largest absolute Gasteiger partial charge is 0.326 e. The molecule has 0 unspecified atom stereocenters. The van der Waals surface area contributed by atoms with Crippen LogP contribution in [0.3, 0.4) is 0 Å². The van der Waals surface area contributed by atoms with Crippen molar-refractivity contribution in [1.82, 2.24) is 19.8 Å². The standard InChI is InChI=1S/C20H19N5OS/c1-13(2)11-19(26)21-15-6-3-5-14(12-15)16-8-9-18-22-23-20(25(18)24-16)17-7-4-10-27-17/h3-10,12-13H,11H2,1-2H3,(H,21,26). The molecule has 1 amide bonds. The van der Waals surface area contributed by atoms with Crippen LogP contribution in [0.5, 0.6) is 0 Å². The number of aromatic nitrogens is 4. The molecule has 4 rings (SSSR count). The normalized spacial score (nSPS) is 11.2. The molecule has 0 aliphatic rings. The summed E-state index contributed by atoms with van der Waals surface area (Å²) in [5, 5.41) is 18.1. The van der Waals surface area contributed by atoms with E-state index in [4.69, 9.17) is 5.10 Å². The van der Waals surface area contributed by atoms with Crippen LogP contribution in [0.15, 0.2) is 53.9 Å². The fourth-order valence-corrected chi connectivity index (χ4v) is 3.53. The Morgan fingerprint density at radius 3 is 2.81 bits per heavy atom. The van der Waals surface area contributed by atoms with Gasteiger partial charge in [0.25, 0.3) is 0 Å². The molecule has 7 heteroatoms. The first-order chi connectivity index (χ1) is 13.1. The first-order valence-corrected chi connectivity index (χ1v) is 9.65. The van der Waals surface area contributed by atoms with E-state index in [0.717, 1.165) is 27.6 Å². The van der Waals surface area contributed by atoms with Crippen LogP contribution in [-0.4, -0.2) is 25.7 Å². The van der Waals surface area contributed by atoms with Gasteiger partial charge < -0.3 is 5.32 Å². The molecular formula is C20H19N5OS. The zero-order chi connectivity index (χ0) is 18.8. The number of hydrogen-bond donors (Lipinski definition) is 1. The summed E-state index contributed by atoms with van der Waals surface area (Å²) in [7, 11) is 0. The summed E-state index contributed by atoms with van der Waals surface area (Å²) >= 11 is 1.60.